The van der Waals surface area contributed by atoms with Crippen LogP contribution in [0.3, 0.4) is 0 Å². The number of carbonyl (C=O) groups is 1. The summed E-state index contributed by atoms with van der Waals surface area (Å²) in [6, 6.07) is 8.11. The molecule has 0 spiro atoms. The largest absolute Gasteiger partial charge is 0.360 e. The summed E-state index contributed by atoms with van der Waals surface area (Å²) in [6.45, 7) is 6.29. The third-order valence-electron chi connectivity index (χ3n) is 4.76. The Labute approximate surface area is 172 Å². The van der Waals surface area contributed by atoms with Crippen molar-refractivity contribution in [1.29, 1.82) is 0 Å². The molecule has 1 N–H and O–H groups in total. The van der Waals surface area contributed by atoms with Crippen molar-refractivity contribution in [3.8, 4) is 10.6 Å². The zero-order valence-electron chi connectivity index (χ0n) is 16.1. The average molecular weight is 415 g/mol. The lowest BCUT2D eigenvalue weighted by atomic mass is 10.2. The maximum Gasteiger partial charge on any atom is 0.239 e. The first-order chi connectivity index (χ1) is 14.0. The fourth-order valence-electron chi connectivity index (χ4n) is 3.25. The van der Waals surface area contributed by atoms with E-state index in [1.807, 2.05) is 0 Å². The summed E-state index contributed by atoms with van der Waals surface area (Å²) >= 11 is 1.57. The van der Waals surface area contributed by atoms with Gasteiger partial charge in [-0.1, -0.05) is 5.16 Å². The van der Waals surface area contributed by atoms with E-state index in [4.69, 9.17) is 4.52 Å². The first-order valence-corrected chi connectivity index (χ1v) is 10.3. The lowest BCUT2D eigenvalue weighted by molar-refractivity contribution is -0.117. The summed E-state index contributed by atoms with van der Waals surface area (Å²) < 4.78 is 18.0. The van der Waals surface area contributed by atoms with Crippen LogP contribution in [0.4, 0.5) is 10.2 Å². The van der Waals surface area contributed by atoms with Gasteiger partial charge in [-0.25, -0.2) is 9.37 Å². The van der Waals surface area contributed by atoms with Crippen molar-refractivity contribution >= 4 is 23.1 Å². The Morgan fingerprint density at radius 2 is 1.93 bits per heavy atom. The van der Waals surface area contributed by atoms with Crippen LogP contribution in [0.5, 0.6) is 0 Å². The Morgan fingerprint density at radius 3 is 2.62 bits per heavy atom. The van der Waals surface area contributed by atoms with Gasteiger partial charge < -0.3 is 9.84 Å². The van der Waals surface area contributed by atoms with Crippen LogP contribution in [-0.2, 0) is 11.3 Å². The first kappa shape index (κ1) is 19.7. The molecule has 1 aliphatic rings. The topological polar surface area (TPSA) is 74.5 Å². The number of nitrogens with one attached hydrogen (secondary N) is 1. The number of aromatic nitrogens is 2. The normalized spacial score (nSPS) is 15.5. The average Bonchev–Trinajstić information content (AvgIpc) is 3.33. The molecule has 0 unspecified atom stereocenters. The van der Waals surface area contributed by atoms with Gasteiger partial charge in [0.05, 0.1) is 12.2 Å². The minimum atomic E-state index is -0.242. The van der Waals surface area contributed by atoms with Gasteiger partial charge in [0.1, 0.15) is 16.6 Å². The first-order valence-electron chi connectivity index (χ1n) is 9.43. The molecule has 152 valence electrons. The van der Waals surface area contributed by atoms with Gasteiger partial charge in [0.2, 0.25) is 5.91 Å². The predicted octanol–water partition coefficient (Wildman–Crippen LogP) is 3.00. The van der Waals surface area contributed by atoms with Crippen molar-refractivity contribution in [2.75, 3.05) is 38.0 Å². The van der Waals surface area contributed by atoms with Crippen molar-refractivity contribution in [3.05, 3.63) is 53.0 Å². The van der Waals surface area contributed by atoms with Gasteiger partial charge in [0.25, 0.3) is 0 Å². The molecule has 7 nitrogen and oxygen atoms in total. The van der Waals surface area contributed by atoms with E-state index in [2.05, 4.69) is 30.6 Å². The van der Waals surface area contributed by atoms with Crippen LogP contribution in [0.15, 0.2) is 40.2 Å². The maximum absolute atomic E-state index is 13.1. The number of aryl methyl sites for hydroxylation is 1. The number of anilines is 1. The highest BCUT2D eigenvalue weighted by Gasteiger charge is 2.20. The molecular weight excluding hydrogens is 393 g/mol. The Morgan fingerprint density at radius 1 is 1.21 bits per heavy atom. The Kier molecular flexibility index (Phi) is 5.98. The summed E-state index contributed by atoms with van der Waals surface area (Å²) in [5.41, 5.74) is 1.95. The highest BCUT2D eigenvalue weighted by atomic mass is 32.1. The fourth-order valence-corrected chi connectivity index (χ4v) is 4.07. The van der Waals surface area contributed by atoms with E-state index in [9.17, 15) is 9.18 Å². The fraction of sp³-hybridized carbons (Fsp3) is 0.350. The highest BCUT2D eigenvalue weighted by molar-refractivity contribution is 7.13. The van der Waals surface area contributed by atoms with E-state index in [0.29, 0.717) is 18.1 Å². The lowest BCUT2D eigenvalue weighted by Crippen LogP contribution is -2.48. The number of amides is 1. The second-order valence-corrected chi connectivity index (χ2v) is 7.93. The van der Waals surface area contributed by atoms with Crippen molar-refractivity contribution < 1.29 is 13.7 Å². The van der Waals surface area contributed by atoms with E-state index >= 15 is 0 Å². The van der Waals surface area contributed by atoms with Gasteiger partial charge in [-0.15, -0.1) is 11.3 Å². The minimum absolute atomic E-state index is 0.0878. The number of thiazole rings is 1. The van der Waals surface area contributed by atoms with E-state index in [0.717, 1.165) is 49.0 Å². The zero-order chi connectivity index (χ0) is 20.2. The third kappa shape index (κ3) is 5.26. The standard InChI is InChI=1S/C20H22FN5O2S/c1-14-10-18(24-28-14)23-19(27)12-26-8-6-25(7-9-26)11-17-13-29-20(22-17)15-2-4-16(21)5-3-15/h2-5,10,13H,6-9,11-12H2,1H3,(H,23,24,27). The molecule has 1 aromatic carbocycles. The summed E-state index contributed by atoms with van der Waals surface area (Å²) in [5.74, 6) is 0.786. The number of carbonyl (C=O) groups excluding carboxylic acids is 1. The molecule has 1 saturated heterocycles. The van der Waals surface area contributed by atoms with E-state index in [1.54, 1.807) is 36.5 Å². The molecule has 1 aliphatic heterocycles. The van der Waals surface area contributed by atoms with Crippen molar-refractivity contribution in [3.63, 3.8) is 0 Å². The molecular formula is C20H22FN5O2S. The monoisotopic (exact) mass is 415 g/mol. The molecule has 29 heavy (non-hydrogen) atoms. The molecule has 3 aromatic rings. The van der Waals surface area contributed by atoms with Crippen LogP contribution in [0.1, 0.15) is 11.5 Å². The predicted molar refractivity (Wildman–Crippen MR) is 109 cm³/mol. The van der Waals surface area contributed by atoms with Gasteiger partial charge in [0, 0.05) is 49.7 Å². The van der Waals surface area contributed by atoms with Crippen LogP contribution in [-0.4, -0.2) is 58.6 Å². The minimum Gasteiger partial charge on any atom is -0.360 e. The quantitative estimate of drug-likeness (QED) is 0.667. The Balaban J connectivity index is 1.24. The van der Waals surface area contributed by atoms with E-state index < -0.39 is 0 Å². The van der Waals surface area contributed by atoms with Crippen LogP contribution >= 0.6 is 11.3 Å². The number of rotatable bonds is 6. The molecule has 2 aromatic heterocycles. The zero-order valence-corrected chi connectivity index (χ0v) is 16.9. The molecule has 0 aliphatic carbocycles. The van der Waals surface area contributed by atoms with Crippen LogP contribution in [0, 0.1) is 12.7 Å². The molecule has 4 rings (SSSR count). The molecule has 1 fully saturated rings. The van der Waals surface area contributed by atoms with Crippen LogP contribution in [0.2, 0.25) is 0 Å². The van der Waals surface area contributed by atoms with Crippen LogP contribution in [0.25, 0.3) is 10.6 Å². The maximum atomic E-state index is 13.1. The van der Waals surface area contributed by atoms with Crippen molar-refractivity contribution in [2.45, 2.75) is 13.5 Å². The van der Waals surface area contributed by atoms with Crippen molar-refractivity contribution in [2.24, 2.45) is 0 Å². The lowest BCUT2D eigenvalue weighted by Gasteiger charge is -2.33. The number of hydrogen-bond acceptors (Lipinski definition) is 7. The SMILES string of the molecule is Cc1cc(NC(=O)CN2CCN(Cc3csc(-c4ccc(F)cc4)n3)CC2)no1. The summed E-state index contributed by atoms with van der Waals surface area (Å²) in [4.78, 5) is 21.3. The molecule has 0 radical (unpaired) electrons. The third-order valence-corrected chi connectivity index (χ3v) is 5.70. The van der Waals surface area contributed by atoms with Gasteiger partial charge in [-0.05, 0) is 31.2 Å². The highest BCUT2D eigenvalue weighted by Crippen LogP contribution is 2.24. The summed E-state index contributed by atoms with van der Waals surface area (Å²) in [6.07, 6.45) is 0. The van der Waals surface area contributed by atoms with Gasteiger partial charge in [0.15, 0.2) is 5.82 Å². The number of benzene rings is 1. The number of piperazine rings is 1. The molecule has 3 heterocycles. The van der Waals surface area contributed by atoms with Gasteiger partial charge in [-0.3, -0.25) is 14.6 Å². The van der Waals surface area contributed by atoms with Gasteiger partial charge in [-0.2, -0.15) is 0 Å². The van der Waals surface area contributed by atoms with Gasteiger partial charge >= 0.3 is 0 Å². The summed E-state index contributed by atoms with van der Waals surface area (Å²) in [7, 11) is 0. The second kappa shape index (κ2) is 8.81. The number of halogens is 1. The second-order valence-electron chi connectivity index (χ2n) is 7.07. The Hall–Kier alpha value is -2.62. The van der Waals surface area contributed by atoms with Crippen LogP contribution < -0.4 is 5.32 Å². The molecule has 1 amide bonds. The molecule has 0 bridgehead atoms. The molecule has 0 atom stereocenters. The van der Waals surface area contributed by atoms with E-state index in [-0.39, 0.29) is 11.7 Å². The van der Waals surface area contributed by atoms with E-state index in [1.165, 1.54) is 12.1 Å². The van der Waals surface area contributed by atoms with Crippen molar-refractivity contribution in [1.82, 2.24) is 19.9 Å². The number of hydrogen-bond donors (Lipinski definition) is 1. The molecule has 0 saturated carbocycles. The smallest absolute Gasteiger partial charge is 0.239 e. The summed E-state index contributed by atoms with van der Waals surface area (Å²) in [5, 5.41) is 9.48. The number of nitrogens with zero attached hydrogens (tertiary/aromatic N) is 4. The Bertz CT molecular complexity index is 963. The molecule has 9 heteroatoms.